The van der Waals surface area contributed by atoms with Gasteiger partial charge in [-0.05, 0) is 39.2 Å². The van der Waals surface area contributed by atoms with E-state index in [0.717, 1.165) is 35.2 Å². The summed E-state index contributed by atoms with van der Waals surface area (Å²) in [6, 6.07) is 18.2. The number of nitriles is 1. The molecule has 0 aromatic heterocycles. The van der Waals surface area contributed by atoms with E-state index in [9.17, 15) is 4.79 Å². The molecule has 1 heterocycles. The smallest absolute Gasteiger partial charge is 0.260 e. The summed E-state index contributed by atoms with van der Waals surface area (Å²) < 4.78 is 6.57. The summed E-state index contributed by atoms with van der Waals surface area (Å²) >= 11 is 3.54. The largest absolute Gasteiger partial charge is 0.483 e. The van der Waals surface area contributed by atoms with Gasteiger partial charge in [-0.15, -0.1) is 0 Å². The lowest BCUT2D eigenvalue weighted by atomic mass is 10.1. The van der Waals surface area contributed by atoms with Crippen LogP contribution >= 0.6 is 15.9 Å². The molecule has 5 nitrogen and oxygen atoms in total. The third-order valence-corrected chi connectivity index (χ3v) is 5.27. The number of ether oxygens (including phenoxy) is 1. The summed E-state index contributed by atoms with van der Waals surface area (Å²) in [5.41, 5.74) is 2.23. The summed E-state index contributed by atoms with van der Waals surface area (Å²) in [5, 5.41) is 8.66. The molecule has 3 rings (SSSR count). The molecule has 0 saturated carbocycles. The Labute approximate surface area is 168 Å². The number of piperazine rings is 1. The predicted molar refractivity (Wildman–Crippen MR) is 108 cm³/mol. The molecular weight excluding hydrogens is 406 g/mol. The van der Waals surface area contributed by atoms with Gasteiger partial charge in [-0.2, -0.15) is 5.26 Å². The van der Waals surface area contributed by atoms with Gasteiger partial charge in [0.2, 0.25) is 0 Å². The molecule has 0 radical (unpaired) electrons. The van der Waals surface area contributed by atoms with Gasteiger partial charge in [0.25, 0.3) is 5.91 Å². The fraction of sp³-hybridized carbons (Fsp3) is 0.333. The van der Waals surface area contributed by atoms with Crippen LogP contribution in [0, 0.1) is 11.3 Å². The summed E-state index contributed by atoms with van der Waals surface area (Å²) in [5.74, 6) is 0.657. The highest BCUT2D eigenvalue weighted by Gasteiger charge is 2.21. The van der Waals surface area contributed by atoms with Gasteiger partial charge in [0.1, 0.15) is 5.75 Å². The van der Waals surface area contributed by atoms with Crippen molar-refractivity contribution < 1.29 is 9.53 Å². The fourth-order valence-corrected chi connectivity index (χ4v) is 3.58. The van der Waals surface area contributed by atoms with Crippen LogP contribution in [0.1, 0.15) is 6.42 Å². The molecule has 6 heteroatoms. The zero-order valence-electron chi connectivity index (χ0n) is 15.1. The van der Waals surface area contributed by atoms with Crippen LogP contribution in [0.3, 0.4) is 0 Å². The van der Waals surface area contributed by atoms with Gasteiger partial charge in [0.05, 0.1) is 10.5 Å². The zero-order chi connectivity index (χ0) is 19.1. The van der Waals surface area contributed by atoms with Crippen LogP contribution in [0.25, 0.3) is 11.1 Å². The second-order valence-corrected chi connectivity index (χ2v) is 7.28. The Hall–Kier alpha value is -2.36. The van der Waals surface area contributed by atoms with E-state index in [1.54, 1.807) is 0 Å². The lowest BCUT2D eigenvalue weighted by molar-refractivity contribution is -0.135. The van der Waals surface area contributed by atoms with E-state index in [-0.39, 0.29) is 12.5 Å². The number of halogens is 1. The van der Waals surface area contributed by atoms with Crippen LogP contribution < -0.4 is 4.74 Å². The monoisotopic (exact) mass is 427 g/mol. The number of carbonyl (C=O) groups excluding carboxylic acids is 1. The van der Waals surface area contributed by atoms with Gasteiger partial charge in [0, 0.05) is 39.1 Å². The Bertz CT molecular complexity index is 812. The Balaban J connectivity index is 1.51. The number of hydrogen-bond donors (Lipinski definition) is 0. The molecule has 140 valence electrons. The molecule has 1 amide bonds. The summed E-state index contributed by atoms with van der Waals surface area (Å²) in [4.78, 5) is 16.5. The van der Waals surface area contributed by atoms with Crippen LogP contribution in [0.5, 0.6) is 5.75 Å². The van der Waals surface area contributed by atoms with Gasteiger partial charge in [-0.25, -0.2) is 0 Å². The third kappa shape index (κ3) is 5.31. The minimum Gasteiger partial charge on any atom is -0.483 e. The maximum atomic E-state index is 12.4. The molecule has 27 heavy (non-hydrogen) atoms. The first-order valence-corrected chi connectivity index (χ1v) is 9.81. The second-order valence-electron chi connectivity index (χ2n) is 6.43. The standard InChI is InChI=1S/C21H22BrN3O2/c22-19-15-18(17-5-2-1-3-6-17)7-8-20(19)27-16-21(26)25-13-11-24(12-14-25)10-4-9-23/h1-3,5-8,15H,4,10-14,16H2. The molecule has 0 aliphatic carbocycles. The fourth-order valence-electron chi connectivity index (χ4n) is 3.09. The molecule has 2 aromatic carbocycles. The normalized spacial score (nSPS) is 14.6. The van der Waals surface area contributed by atoms with Crippen molar-refractivity contribution >= 4 is 21.8 Å². The van der Waals surface area contributed by atoms with E-state index in [2.05, 4.69) is 39.0 Å². The number of hydrogen-bond acceptors (Lipinski definition) is 4. The first-order chi connectivity index (χ1) is 13.2. The van der Waals surface area contributed by atoms with Crippen LogP contribution in [0.2, 0.25) is 0 Å². The highest BCUT2D eigenvalue weighted by atomic mass is 79.9. The zero-order valence-corrected chi connectivity index (χ0v) is 16.7. The number of carbonyl (C=O) groups is 1. The maximum absolute atomic E-state index is 12.4. The van der Waals surface area contributed by atoms with Crippen molar-refractivity contribution in [3.63, 3.8) is 0 Å². The first-order valence-electron chi connectivity index (χ1n) is 9.02. The van der Waals surface area contributed by atoms with Crippen molar-refractivity contribution in [2.24, 2.45) is 0 Å². The number of amides is 1. The lowest BCUT2D eigenvalue weighted by Crippen LogP contribution is -2.50. The molecule has 0 N–H and O–H groups in total. The van der Waals surface area contributed by atoms with E-state index in [1.807, 2.05) is 41.3 Å². The van der Waals surface area contributed by atoms with Gasteiger partial charge < -0.3 is 9.64 Å². The van der Waals surface area contributed by atoms with Crippen LogP contribution in [-0.2, 0) is 4.79 Å². The highest BCUT2D eigenvalue weighted by Crippen LogP contribution is 2.30. The summed E-state index contributed by atoms with van der Waals surface area (Å²) in [6.45, 7) is 3.78. The molecule has 0 spiro atoms. The Morgan fingerprint density at radius 1 is 1.07 bits per heavy atom. The van der Waals surface area contributed by atoms with Crippen molar-refractivity contribution in [2.45, 2.75) is 6.42 Å². The maximum Gasteiger partial charge on any atom is 0.260 e. The molecule has 0 atom stereocenters. The quantitative estimate of drug-likeness (QED) is 0.706. The SMILES string of the molecule is N#CCCN1CCN(C(=O)COc2ccc(-c3ccccc3)cc2Br)CC1. The first kappa shape index (κ1) is 19.4. The van der Waals surface area contributed by atoms with Crippen LogP contribution in [0.15, 0.2) is 53.0 Å². The van der Waals surface area contributed by atoms with Crippen molar-refractivity contribution in [3.05, 3.63) is 53.0 Å². The van der Waals surface area contributed by atoms with Gasteiger partial charge in [-0.1, -0.05) is 36.4 Å². The lowest BCUT2D eigenvalue weighted by Gasteiger charge is -2.34. The van der Waals surface area contributed by atoms with E-state index < -0.39 is 0 Å². The predicted octanol–water partition coefficient (Wildman–Crippen LogP) is 3.55. The number of benzene rings is 2. The molecule has 1 saturated heterocycles. The molecular formula is C21H22BrN3O2. The average molecular weight is 428 g/mol. The minimum atomic E-state index is -0.00558. The molecule has 1 fully saturated rings. The Kier molecular flexibility index (Phi) is 6.86. The molecule has 1 aliphatic heterocycles. The molecule has 0 unspecified atom stereocenters. The van der Waals surface area contributed by atoms with Crippen LogP contribution in [0.4, 0.5) is 0 Å². The van der Waals surface area contributed by atoms with E-state index in [4.69, 9.17) is 10.00 Å². The second kappa shape index (κ2) is 9.54. The average Bonchev–Trinajstić information content (AvgIpc) is 2.72. The third-order valence-electron chi connectivity index (χ3n) is 4.65. The van der Waals surface area contributed by atoms with E-state index >= 15 is 0 Å². The molecule has 0 bridgehead atoms. The topological polar surface area (TPSA) is 56.6 Å². The van der Waals surface area contributed by atoms with Crippen molar-refractivity contribution in [1.82, 2.24) is 9.80 Å². The summed E-state index contributed by atoms with van der Waals surface area (Å²) in [6.07, 6.45) is 0.532. The van der Waals surface area contributed by atoms with Gasteiger partial charge in [0.15, 0.2) is 6.61 Å². The summed E-state index contributed by atoms with van der Waals surface area (Å²) in [7, 11) is 0. The van der Waals surface area contributed by atoms with Crippen molar-refractivity contribution in [3.8, 4) is 22.9 Å². The van der Waals surface area contributed by atoms with Gasteiger partial charge in [-0.3, -0.25) is 9.69 Å². The van der Waals surface area contributed by atoms with Crippen molar-refractivity contribution in [2.75, 3.05) is 39.3 Å². The van der Waals surface area contributed by atoms with E-state index in [1.165, 1.54) is 0 Å². The number of rotatable bonds is 6. The highest BCUT2D eigenvalue weighted by molar-refractivity contribution is 9.10. The molecule has 2 aromatic rings. The van der Waals surface area contributed by atoms with Crippen molar-refractivity contribution in [1.29, 1.82) is 5.26 Å². The van der Waals surface area contributed by atoms with E-state index in [0.29, 0.717) is 25.3 Å². The molecule has 1 aliphatic rings. The Morgan fingerprint density at radius 3 is 2.48 bits per heavy atom. The minimum absolute atomic E-state index is 0.00558. The van der Waals surface area contributed by atoms with Crippen LogP contribution in [-0.4, -0.2) is 55.0 Å². The Morgan fingerprint density at radius 2 is 1.81 bits per heavy atom. The number of nitrogens with zero attached hydrogens (tertiary/aromatic N) is 3. The van der Waals surface area contributed by atoms with Gasteiger partial charge >= 0.3 is 0 Å².